The molecule has 15 heteroatoms. The molecule has 2 aromatic rings. The number of fused-ring (bicyclic) bond motifs is 3. The van der Waals surface area contributed by atoms with Gasteiger partial charge < -0.3 is 19.9 Å². The number of nitrogens with one attached hydrogen (secondary N) is 1. The van der Waals surface area contributed by atoms with E-state index in [9.17, 15) is 31.2 Å². The van der Waals surface area contributed by atoms with Gasteiger partial charge in [0.15, 0.2) is 0 Å². The molecule has 1 unspecified atom stereocenters. The SMILES string of the molecule is CC(C)n1c(=O)c(C(=O)NC2C[C@H]3CC[C@@H](C2)N3CCCN(C)CCCN(C)S(C)(=O)=O)cc2ccccc21.O=C(O)C(F)(F)F. The van der Waals surface area contributed by atoms with Crippen LogP contribution in [-0.2, 0) is 14.8 Å². The number of amides is 1. The number of hydrogen-bond donors (Lipinski definition) is 2. The van der Waals surface area contributed by atoms with Crippen molar-refractivity contribution in [3.8, 4) is 0 Å². The molecule has 3 atom stereocenters. The molecule has 1 aromatic heterocycles. The van der Waals surface area contributed by atoms with Gasteiger partial charge in [-0.05, 0) is 96.6 Å². The van der Waals surface area contributed by atoms with Crippen molar-refractivity contribution in [1.82, 2.24) is 24.0 Å². The van der Waals surface area contributed by atoms with Crippen LogP contribution in [0.4, 0.5) is 13.2 Å². The van der Waals surface area contributed by atoms with Crippen molar-refractivity contribution < 1.29 is 36.3 Å². The van der Waals surface area contributed by atoms with Crippen molar-refractivity contribution in [3.63, 3.8) is 0 Å². The topological polar surface area (TPSA) is 132 Å². The Morgan fingerprint density at radius 1 is 1.04 bits per heavy atom. The Hall–Kier alpha value is -3.01. The van der Waals surface area contributed by atoms with Gasteiger partial charge in [-0.3, -0.25) is 14.5 Å². The monoisotopic (exact) mass is 673 g/mol. The Labute approximate surface area is 268 Å². The number of nitrogens with zero attached hydrogens (tertiary/aromatic N) is 4. The molecule has 2 N–H and O–H groups in total. The second-order valence-electron chi connectivity index (χ2n) is 12.5. The van der Waals surface area contributed by atoms with Crippen LogP contribution in [0.1, 0.15) is 68.8 Å². The number of hydrogen-bond acceptors (Lipinski definition) is 7. The minimum absolute atomic E-state index is 0.0397. The van der Waals surface area contributed by atoms with E-state index in [0.717, 1.165) is 69.1 Å². The summed E-state index contributed by atoms with van der Waals surface area (Å²) in [6, 6.07) is 10.5. The lowest BCUT2D eigenvalue weighted by molar-refractivity contribution is -0.192. The largest absolute Gasteiger partial charge is 0.490 e. The molecule has 3 heterocycles. The standard InChI is InChI=1S/C29H45N5O4S.C2HF3O2/c1-21(2)34-27-11-7-6-10-22(27)18-26(29(34)36)28(35)30-23-19-24-12-13-25(20-23)33(24)17-9-15-31(3)14-8-16-32(4)39(5,37)38;3-2(4,5)1(6)7/h6-7,10-11,18,21,23-25H,8-9,12-17,19-20H2,1-5H3,(H,30,35);(H,6,7)/t23?,24-,25+;. The van der Waals surface area contributed by atoms with E-state index >= 15 is 0 Å². The third kappa shape index (κ3) is 9.99. The number of carboxylic acid groups (broad SMARTS) is 1. The molecule has 0 spiro atoms. The number of alkyl halides is 3. The van der Waals surface area contributed by atoms with Crippen LogP contribution in [0.5, 0.6) is 0 Å². The number of rotatable bonds is 12. The van der Waals surface area contributed by atoms with Crippen molar-refractivity contribution in [3.05, 3.63) is 46.2 Å². The number of para-hydroxylation sites is 1. The Balaban J connectivity index is 0.000000738. The van der Waals surface area contributed by atoms with E-state index in [-0.39, 0.29) is 29.1 Å². The summed E-state index contributed by atoms with van der Waals surface area (Å²) in [5, 5.41) is 11.2. The lowest BCUT2D eigenvalue weighted by Gasteiger charge is -2.39. The third-order valence-corrected chi connectivity index (χ3v) is 10.0. The maximum Gasteiger partial charge on any atom is 0.490 e. The van der Waals surface area contributed by atoms with E-state index in [2.05, 4.69) is 22.2 Å². The fourth-order valence-corrected chi connectivity index (χ4v) is 6.81. The Morgan fingerprint density at radius 2 is 1.61 bits per heavy atom. The number of carbonyl (C=O) groups excluding carboxylic acids is 1. The predicted molar refractivity (Wildman–Crippen MR) is 170 cm³/mol. The van der Waals surface area contributed by atoms with Crippen molar-refractivity contribution in [2.45, 2.75) is 82.7 Å². The van der Waals surface area contributed by atoms with Crippen molar-refractivity contribution in [1.29, 1.82) is 0 Å². The van der Waals surface area contributed by atoms with Crippen LogP contribution >= 0.6 is 0 Å². The molecule has 2 aliphatic rings. The molecule has 2 fully saturated rings. The Kier molecular flexibility index (Phi) is 12.8. The maximum absolute atomic E-state index is 13.3. The fraction of sp³-hybridized carbons (Fsp3) is 0.645. The summed E-state index contributed by atoms with van der Waals surface area (Å²) >= 11 is 0. The minimum atomic E-state index is -5.08. The molecule has 258 valence electrons. The summed E-state index contributed by atoms with van der Waals surface area (Å²) in [5.41, 5.74) is 0.851. The second-order valence-corrected chi connectivity index (χ2v) is 14.6. The van der Waals surface area contributed by atoms with Gasteiger partial charge in [-0.15, -0.1) is 0 Å². The van der Waals surface area contributed by atoms with Crippen molar-refractivity contribution >= 4 is 32.8 Å². The van der Waals surface area contributed by atoms with Crippen LogP contribution in [-0.4, -0.2) is 115 Å². The highest BCUT2D eigenvalue weighted by molar-refractivity contribution is 7.88. The number of aromatic nitrogens is 1. The minimum Gasteiger partial charge on any atom is -0.475 e. The molecule has 0 saturated carbocycles. The zero-order valence-corrected chi connectivity index (χ0v) is 27.9. The van der Waals surface area contributed by atoms with Gasteiger partial charge >= 0.3 is 12.1 Å². The highest BCUT2D eigenvalue weighted by Crippen LogP contribution is 2.36. The third-order valence-electron chi connectivity index (χ3n) is 8.70. The zero-order chi connectivity index (χ0) is 34.4. The molecule has 1 amide bonds. The van der Waals surface area contributed by atoms with Gasteiger partial charge in [-0.2, -0.15) is 13.2 Å². The predicted octanol–water partition coefficient (Wildman–Crippen LogP) is 3.54. The molecule has 4 rings (SSSR count). The number of benzene rings is 1. The number of pyridine rings is 1. The summed E-state index contributed by atoms with van der Waals surface area (Å²) in [4.78, 5) is 40.4. The van der Waals surface area contributed by atoms with Gasteiger partial charge in [0.25, 0.3) is 11.5 Å². The first-order valence-electron chi connectivity index (χ1n) is 15.5. The Bertz CT molecular complexity index is 1520. The molecule has 0 aliphatic carbocycles. The average molecular weight is 674 g/mol. The average Bonchev–Trinajstić information content (AvgIpc) is 3.18. The summed E-state index contributed by atoms with van der Waals surface area (Å²) in [6.45, 7) is 7.36. The molecular weight excluding hydrogens is 627 g/mol. The van der Waals surface area contributed by atoms with E-state index in [0.29, 0.717) is 18.6 Å². The van der Waals surface area contributed by atoms with E-state index in [1.54, 1.807) is 17.7 Å². The van der Waals surface area contributed by atoms with Crippen LogP contribution in [0, 0.1) is 0 Å². The Morgan fingerprint density at radius 3 is 2.15 bits per heavy atom. The first kappa shape index (κ1) is 37.4. The lowest BCUT2D eigenvalue weighted by atomic mass is 9.96. The molecule has 1 aromatic carbocycles. The van der Waals surface area contributed by atoms with Crippen LogP contribution < -0.4 is 10.9 Å². The summed E-state index contributed by atoms with van der Waals surface area (Å²) in [6.07, 6.45) is 2.18. The molecule has 2 bridgehead atoms. The zero-order valence-electron chi connectivity index (χ0n) is 27.1. The molecule has 11 nitrogen and oxygen atoms in total. The van der Waals surface area contributed by atoms with Gasteiger partial charge in [0.1, 0.15) is 5.56 Å². The molecule has 2 saturated heterocycles. The fourth-order valence-electron chi connectivity index (χ4n) is 6.35. The summed E-state index contributed by atoms with van der Waals surface area (Å²) in [7, 11) is 0.603. The van der Waals surface area contributed by atoms with Gasteiger partial charge in [0.2, 0.25) is 10.0 Å². The highest BCUT2D eigenvalue weighted by atomic mass is 32.2. The molecular formula is C31H46F3N5O6S. The first-order chi connectivity index (χ1) is 21.4. The number of sulfonamides is 1. The smallest absolute Gasteiger partial charge is 0.475 e. The van der Waals surface area contributed by atoms with E-state index in [1.807, 2.05) is 38.1 Å². The normalized spacial score (nSPS) is 20.3. The van der Waals surface area contributed by atoms with E-state index in [1.165, 1.54) is 10.6 Å². The van der Waals surface area contributed by atoms with Crippen LogP contribution in [0.2, 0.25) is 0 Å². The molecule has 46 heavy (non-hydrogen) atoms. The van der Waals surface area contributed by atoms with E-state index < -0.39 is 22.2 Å². The first-order valence-corrected chi connectivity index (χ1v) is 17.4. The number of halogens is 3. The quantitative estimate of drug-likeness (QED) is 0.350. The van der Waals surface area contributed by atoms with Gasteiger partial charge in [-0.25, -0.2) is 17.5 Å². The number of aliphatic carboxylic acids is 1. The van der Waals surface area contributed by atoms with Gasteiger partial charge in [0.05, 0.1) is 11.8 Å². The van der Waals surface area contributed by atoms with Crippen molar-refractivity contribution in [2.24, 2.45) is 0 Å². The number of carbonyl (C=O) groups is 2. The van der Waals surface area contributed by atoms with Gasteiger partial charge in [0, 0.05) is 37.8 Å². The molecule has 0 radical (unpaired) electrons. The number of carboxylic acids is 1. The highest BCUT2D eigenvalue weighted by Gasteiger charge is 2.41. The van der Waals surface area contributed by atoms with Crippen LogP contribution in [0.25, 0.3) is 10.9 Å². The summed E-state index contributed by atoms with van der Waals surface area (Å²) in [5.74, 6) is -3.02. The van der Waals surface area contributed by atoms with Gasteiger partial charge in [-0.1, -0.05) is 18.2 Å². The summed E-state index contributed by atoms with van der Waals surface area (Å²) < 4.78 is 57.9. The second kappa shape index (κ2) is 15.7. The maximum atomic E-state index is 13.3. The van der Waals surface area contributed by atoms with Crippen LogP contribution in [0.3, 0.4) is 0 Å². The molecule has 2 aliphatic heterocycles. The van der Waals surface area contributed by atoms with Crippen molar-refractivity contribution in [2.75, 3.05) is 46.5 Å². The lowest BCUT2D eigenvalue weighted by Crippen LogP contribution is -2.51. The number of piperidine rings is 1. The van der Waals surface area contributed by atoms with E-state index in [4.69, 9.17) is 9.90 Å². The van der Waals surface area contributed by atoms with Crippen LogP contribution in [0.15, 0.2) is 35.1 Å².